The lowest BCUT2D eigenvalue weighted by molar-refractivity contribution is 0.198. The summed E-state index contributed by atoms with van der Waals surface area (Å²) in [5.74, 6) is 0. The van der Waals surface area contributed by atoms with Crippen molar-refractivity contribution in [2.24, 2.45) is 0 Å². The van der Waals surface area contributed by atoms with Gasteiger partial charge in [-0.15, -0.1) is 12.6 Å². The number of nitrogens with zero attached hydrogens (tertiary/aromatic N) is 2. The molecular weight excluding hydrogens is 182 g/mol. The number of rotatable bonds is 1. The predicted octanol–water partition coefficient (Wildman–Crippen LogP) is 1.40. The largest absolute Gasteiger partial charge is 0.256 e. The minimum atomic E-state index is 0.174. The Labute approximate surface area is 85.8 Å². The first-order valence-electron chi connectivity index (χ1n) is 5.07. The normalized spacial score (nSPS) is 34.2. The Morgan fingerprint density at radius 2 is 2.00 bits per heavy atom. The Balaban J connectivity index is 1.91. The molecule has 3 nitrogen and oxygen atoms in total. The van der Waals surface area contributed by atoms with Crippen LogP contribution in [0.1, 0.15) is 32.1 Å². The zero-order valence-electron chi connectivity index (χ0n) is 8.11. The maximum Gasteiger partial charge on any atom is 0.119 e. The van der Waals surface area contributed by atoms with Gasteiger partial charge in [-0.25, -0.2) is 10.4 Å². The molecule has 1 N–H and O–H groups in total. The molecule has 1 saturated carbocycles. The summed E-state index contributed by atoms with van der Waals surface area (Å²) in [6.07, 6.45) is 6.80. The smallest absolute Gasteiger partial charge is 0.119 e. The zero-order chi connectivity index (χ0) is 9.26. The molecule has 2 rings (SSSR count). The van der Waals surface area contributed by atoms with Crippen LogP contribution in [0, 0.1) is 6.67 Å². The van der Waals surface area contributed by atoms with E-state index in [4.69, 9.17) is 0 Å². The molecular formula is C9H18N3S. The summed E-state index contributed by atoms with van der Waals surface area (Å²) in [6.45, 7) is 2.13. The molecule has 1 radical (unpaired) electrons. The predicted molar refractivity (Wildman–Crippen MR) is 56.7 cm³/mol. The van der Waals surface area contributed by atoms with Gasteiger partial charge in [0.05, 0.1) is 0 Å². The van der Waals surface area contributed by atoms with Crippen LogP contribution in [-0.2, 0) is 0 Å². The van der Waals surface area contributed by atoms with E-state index < -0.39 is 0 Å². The third kappa shape index (κ3) is 2.18. The van der Waals surface area contributed by atoms with E-state index in [2.05, 4.69) is 29.6 Å². The van der Waals surface area contributed by atoms with E-state index in [0.717, 1.165) is 0 Å². The Kier molecular flexibility index (Phi) is 3.14. The van der Waals surface area contributed by atoms with Crippen LogP contribution in [0.3, 0.4) is 0 Å². The van der Waals surface area contributed by atoms with Gasteiger partial charge in [0.25, 0.3) is 0 Å². The van der Waals surface area contributed by atoms with Crippen LogP contribution in [0.4, 0.5) is 0 Å². The number of nitrogens with one attached hydrogen (secondary N) is 1. The van der Waals surface area contributed by atoms with Gasteiger partial charge in [-0.1, -0.05) is 19.3 Å². The number of hydrogen-bond donors (Lipinski definition) is 2. The minimum absolute atomic E-state index is 0.174. The Morgan fingerprint density at radius 3 is 2.54 bits per heavy atom. The van der Waals surface area contributed by atoms with E-state index in [0.29, 0.717) is 6.04 Å². The second-order valence-corrected chi connectivity index (χ2v) is 4.46. The SMILES string of the molecule is CN1[CH]N(C2CCCCC2)C(S)N1. The second-order valence-electron chi connectivity index (χ2n) is 3.97. The van der Waals surface area contributed by atoms with E-state index in [9.17, 15) is 0 Å². The lowest BCUT2D eigenvalue weighted by Crippen LogP contribution is -2.39. The third-order valence-corrected chi connectivity index (χ3v) is 3.29. The van der Waals surface area contributed by atoms with E-state index in [1.807, 2.05) is 12.1 Å². The fourth-order valence-corrected chi connectivity index (χ4v) is 2.65. The van der Waals surface area contributed by atoms with Crippen molar-refractivity contribution in [3.8, 4) is 0 Å². The molecule has 0 aromatic rings. The molecule has 1 atom stereocenters. The van der Waals surface area contributed by atoms with E-state index >= 15 is 0 Å². The maximum absolute atomic E-state index is 4.50. The molecule has 0 aromatic carbocycles. The zero-order valence-corrected chi connectivity index (χ0v) is 9.00. The number of thiol groups is 1. The van der Waals surface area contributed by atoms with Crippen molar-refractivity contribution in [2.45, 2.75) is 43.6 Å². The summed E-state index contributed by atoms with van der Waals surface area (Å²) in [5, 5.41) is 1.99. The second kappa shape index (κ2) is 4.17. The van der Waals surface area contributed by atoms with Crippen molar-refractivity contribution in [1.29, 1.82) is 0 Å². The van der Waals surface area contributed by atoms with Crippen molar-refractivity contribution in [3.63, 3.8) is 0 Å². The molecule has 0 aromatic heterocycles. The average Bonchev–Trinajstić information content (AvgIpc) is 2.47. The molecule has 1 saturated heterocycles. The summed E-state index contributed by atoms with van der Waals surface area (Å²) in [5.41, 5.74) is 3.41. The average molecular weight is 200 g/mol. The first-order valence-corrected chi connectivity index (χ1v) is 5.58. The van der Waals surface area contributed by atoms with Crippen LogP contribution in [0.15, 0.2) is 0 Å². The van der Waals surface area contributed by atoms with Gasteiger partial charge in [-0.3, -0.25) is 4.90 Å². The van der Waals surface area contributed by atoms with Crippen molar-refractivity contribution in [3.05, 3.63) is 6.67 Å². The van der Waals surface area contributed by atoms with Crippen LogP contribution >= 0.6 is 12.6 Å². The lowest BCUT2D eigenvalue weighted by Gasteiger charge is -2.31. The molecule has 4 heteroatoms. The minimum Gasteiger partial charge on any atom is -0.256 e. The highest BCUT2D eigenvalue weighted by atomic mass is 32.1. The molecule has 2 fully saturated rings. The molecule has 1 heterocycles. The summed E-state index contributed by atoms with van der Waals surface area (Å²) in [6, 6.07) is 0.702. The van der Waals surface area contributed by atoms with Crippen LogP contribution in [0.2, 0.25) is 0 Å². The van der Waals surface area contributed by atoms with Gasteiger partial charge >= 0.3 is 0 Å². The molecule has 1 unspecified atom stereocenters. The fraction of sp³-hybridized carbons (Fsp3) is 0.889. The van der Waals surface area contributed by atoms with Gasteiger partial charge < -0.3 is 0 Å². The van der Waals surface area contributed by atoms with Gasteiger partial charge in [-0.05, 0) is 12.8 Å². The van der Waals surface area contributed by atoms with E-state index in [1.54, 1.807) is 0 Å². The Hall–Kier alpha value is 0.230. The summed E-state index contributed by atoms with van der Waals surface area (Å²) in [4.78, 5) is 2.34. The maximum atomic E-state index is 4.50. The molecule has 2 aliphatic rings. The quantitative estimate of drug-likeness (QED) is 0.624. The molecule has 75 valence electrons. The third-order valence-electron chi connectivity index (χ3n) is 2.90. The van der Waals surface area contributed by atoms with Gasteiger partial charge in [0, 0.05) is 13.1 Å². The molecule has 0 spiro atoms. The monoisotopic (exact) mass is 200 g/mol. The van der Waals surface area contributed by atoms with Crippen molar-refractivity contribution in [1.82, 2.24) is 15.3 Å². The van der Waals surface area contributed by atoms with Gasteiger partial charge in [-0.2, -0.15) is 0 Å². The standard InChI is InChI=1S/C9H18N3S/c1-11-7-12(9(13)10-11)8-5-3-2-4-6-8/h7-10,13H,2-6H2,1H3. The van der Waals surface area contributed by atoms with Gasteiger partial charge in [0.2, 0.25) is 0 Å². The van der Waals surface area contributed by atoms with E-state index in [1.165, 1.54) is 32.1 Å². The summed E-state index contributed by atoms with van der Waals surface area (Å²) >= 11 is 4.50. The fourth-order valence-electron chi connectivity index (χ4n) is 2.22. The van der Waals surface area contributed by atoms with Crippen molar-refractivity contribution >= 4 is 12.6 Å². The molecule has 13 heavy (non-hydrogen) atoms. The van der Waals surface area contributed by atoms with Crippen molar-refractivity contribution in [2.75, 3.05) is 7.05 Å². The van der Waals surface area contributed by atoms with Crippen LogP contribution < -0.4 is 5.43 Å². The lowest BCUT2D eigenvalue weighted by atomic mass is 9.95. The van der Waals surface area contributed by atoms with Crippen LogP contribution in [0.25, 0.3) is 0 Å². The number of hydrazine groups is 1. The van der Waals surface area contributed by atoms with Crippen LogP contribution in [-0.4, -0.2) is 28.5 Å². The van der Waals surface area contributed by atoms with Crippen molar-refractivity contribution < 1.29 is 0 Å². The number of hydrogen-bond acceptors (Lipinski definition) is 4. The molecule has 1 aliphatic heterocycles. The Morgan fingerprint density at radius 1 is 1.31 bits per heavy atom. The van der Waals surface area contributed by atoms with Gasteiger partial charge in [0.1, 0.15) is 12.2 Å². The summed E-state index contributed by atoms with van der Waals surface area (Å²) in [7, 11) is 2.02. The van der Waals surface area contributed by atoms with Gasteiger partial charge in [0.15, 0.2) is 0 Å². The highest BCUT2D eigenvalue weighted by Gasteiger charge is 2.31. The highest BCUT2D eigenvalue weighted by molar-refractivity contribution is 7.80. The molecule has 1 aliphatic carbocycles. The summed E-state index contributed by atoms with van der Waals surface area (Å²) < 4.78 is 0. The molecule has 0 bridgehead atoms. The van der Waals surface area contributed by atoms with Crippen LogP contribution in [0.5, 0.6) is 0 Å². The first-order chi connectivity index (χ1) is 6.27. The van der Waals surface area contributed by atoms with E-state index in [-0.39, 0.29) is 5.50 Å². The Bertz CT molecular complexity index is 170. The topological polar surface area (TPSA) is 18.5 Å². The molecule has 0 amide bonds. The first kappa shape index (κ1) is 9.77. The highest BCUT2D eigenvalue weighted by Crippen LogP contribution is 2.27.